The number of amides is 2. The van der Waals surface area contributed by atoms with E-state index in [1.54, 1.807) is 12.1 Å². The van der Waals surface area contributed by atoms with Crippen molar-refractivity contribution in [3.63, 3.8) is 0 Å². The molecule has 1 heterocycles. The molecule has 1 fully saturated rings. The average Bonchev–Trinajstić information content (AvgIpc) is 2.98. The third-order valence-electron chi connectivity index (χ3n) is 6.59. The summed E-state index contributed by atoms with van der Waals surface area (Å²) in [6.45, 7) is -0.278. The maximum Gasteiger partial charge on any atom is 0.323 e. The van der Waals surface area contributed by atoms with E-state index in [4.69, 9.17) is 4.52 Å². The van der Waals surface area contributed by atoms with Crippen LogP contribution in [0.25, 0.3) is 0 Å². The number of nitrogens with zero attached hydrogens (tertiary/aromatic N) is 1. The van der Waals surface area contributed by atoms with Crippen LogP contribution in [0.1, 0.15) is 39.7 Å². The Labute approximate surface area is 244 Å². The van der Waals surface area contributed by atoms with Crippen LogP contribution in [0.4, 0.5) is 0 Å². The lowest BCUT2D eigenvalue weighted by Gasteiger charge is -2.38. The molecule has 4 rings (SSSR count). The van der Waals surface area contributed by atoms with Gasteiger partial charge >= 0.3 is 5.97 Å². The van der Waals surface area contributed by atoms with Gasteiger partial charge in [-0.1, -0.05) is 78.9 Å². The molecule has 1 aliphatic heterocycles. The number of nitrogens with one attached hydrogen (secondary N) is 2. The lowest BCUT2D eigenvalue weighted by molar-refractivity contribution is -0.145. The zero-order chi connectivity index (χ0) is 29.0. The number of aliphatic carboxylic acids is 1. The van der Waals surface area contributed by atoms with E-state index in [1.807, 2.05) is 78.9 Å². The summed E-state index contributed by atoms with van der Waals surface area (Å²) in [7, 11) is -2.77. The van der Waals surface area contributed by atoms with Crippen molar-refractivity contribution in [1.82, 2.24) is 15.3 Å². The summed E-state index contributed by atoms with van der Waals surface area (Å²) >= 11 is 1.42. The van der Waals surface area contributed by atoms with Crippen LogP contribution in [0, 0.1) is 0 Å². The molecule has 11 heteroatoms. The van der Waals surface area contributed by atoms with E-state index in [0.717, 1.165) is 11.1 Å². The number of hydrogen-bond donors (Lipinski definition) is 3. The fourth-order valence-corrected chi connectivity index (χ4v) is 7.01. The number of benzene rings is 3. The number of hydrogen-bond acceptors (Lipinski definition) is 6. The molecule has 0 bridgehead atoms. The molecule has 41 heavy (non-hydrogen) atoms. The number of carbonyl (C=O) groups excluding carboxylic acids is 2. The Morgan fingerprint density at radius 2 is 1.63 bits per heavy atom. The molecule has 0 aromatic heterocycles. The third kappa shape index (κ3) is 9.30. The van der Waals surface area contributed by atoms with E-state index in [-0.39, 0.29) is 18.6 Å². The highest BCUT2D eigenvalue weighted by molar-refractivity contribution is 7.99. The molecule has 4 unspecified atom stereocenters. The van der Waals surface area contributed by atoms with Crippen molar-refractivity contribution in [3.8, 4) is 0 Å². The first-order valence-electron chi connectivity index (χ1n) is 13.4. The van der Waals surface area contributed by atoms with Gasteiger partial charge in [0.25, 0.3) is 14.1 Å². The predicted octanol–water partition coefficient (Wildman–Crippen LogP) is 4.53. The summed E-state index contributed by atoms with van der Waals surface area (Å²) in [6, 6.07) is 27.2. The number of carboxylic acids is 1. The smallest absolute Gasteiger partial charge is 0.323 e. The van der Waals surface area contributed by atoms with Crippen molar-refractivity contribution in [1.29, 1.82) is 0 Å². The van der Waals surface area contributed by atoms with Gasteiger partial charge in [0.1, 0.15) is 18.0 Å². The van der Waals surface area contributed by atoms with Crippen molar-refractivity contribution in [2.75, 3.05) is 18.9 Å². The minimum Gasteiger partial charge on any atom is -0.480 e. The lowest BCUT2D eigenvalue weighted by Crippen LogP contribution is -2.52. The van der Waals surface area contributed by atoms with Crippen LogP contribution in [0.3, 0.4) is 0 Å². The second-order valence-corrected chi connectivity index (χ2v) is 11.9. The molecule has 0 aliphatic carbocycles. The van der Waals surface area contributed by atoms with Gasteiger partial charge in [-0.2, -0.15) is 0 Å². The normalized spacial score (nSPS) is 18.4. The number of thioether (sulfide) groups is 1. The largest absolute Gasteiger partial charge is 0.480 e. The van der Waals surface area contributed by atoms with Crippen LogP contribution in [0.15, 0.2) is 91.0 Å². The van der Waals surface area contributed by atoms with Gasteiger partial charge in [0.05, 0.1) is 6.61 Å². The van der Waals surface area contributed by atoms with Gasteiger partial charge in [0.2, 0.25) is 5.91 Å². The van der Waals surface area contributed by atoms with Gasteiger partial charge in [-0.15, -0.1) is 11.8 Å². The Kier molecular flexibility index (Phi) is 11.6. The molecule has 0 radical (unpaired) electrons. The summed E-state index contributed by atoms with van der Waals surface area (Å²) in [5.74, 6) is -1.36. The molecule has 3 N–H and O–H groups in total. The number of rotatable bonds is 14. The van der Waals surface area contributed by atoms with Crippen molar-refractivity contribution < 1.29 is 28.6 Å². The van der Waals surface area contributed by atoms with Crippen LogP contribution in [-0.4, -0.2) is 58.8 Å². The first-order chi connectivity index (χ1) is 19.9. The van der Waals surface area contributed by atoms with Crippen LogP contribution >= 0.6 is 19.9 Å². The maximum atomic E-state index is 13.2. The second-order valence-electron chi connectivity index (χ2n) is 9.66. The van der Waals surface area contributed by atoms with Crippen LogP contribution in [0.5, 0.6) is 0 Å². The van der Waals surface area contributed by atoms with Gasteiger partial charge < -0.3 is 19.8 Å². The highest BCUT2D eigenvalue weighted by atomic mass is 32.2. The van der Waals surface area contributed by atoms with E-state index in [9.17, 15) is 24.1 Å². The van der Waals surface area contributed by atoms with E-state index >= 15 is 0 Å². The molecular weight excluding hydrogens is 561 g/mol. The zero-order valence-electron chi connectivity index (χ0n) is 22.5. The highest BCUT2D eigenvalue weighted by Gasteiger charge is 2.38. The molecule has 216 valence electrons. The summed E-state index contributed by atoms with van der Waals surface area (Å²) in [5, 5.41) is 14.8. The predicted molar refractivity (Wildman–Crippen MR) is 160 cm³/mol. The molecule has 0 saturated carbocycles. The van der Waals surface area contributed by atoms with E-state index in [2.05, 4.69) is 10.4 Å². The minimum atomic E-state index is -2.77. The van der Waals surface area contributed by atoms with E-state index < -0.39 is 38.0 Å². The first kappa shape index (κ1) is 30.5. The molecule has 1 aliphatic rings. The van der Waals surface area contributed by atoms with Crippen molar-refractivity contribution in [2.45, 2.75) is 36.7 Å². The first-order valence-corrected chi connectivity index (χ1v) is 15.8. The van der Waals surface area contributed by atoms with Crippen molar-refractivity contribution >= 4 is 37.7 Å². The Morgan fingerprint density at radius 3 is 2.29 bits per heavy atom. The fraction of sp³-hybridized carbons (Fsp3) is 0.300. The lowest BCUT2D eigenvalue weighted by atomic mass is 10.0. The van der Waals surface area contributed by atoms with Gasteiger partial charge in [0, 0.05) is 17.4 Å². The Hall–Kier alpha value is -3.43. The summed E-state index contributed by atoms with van der Waals surface area (Å²) in [6.07, 6.45) is 1.79. The molecule has 2 amide bonds. The Balaban J connectivity index is 1.28. The molecule has 3 aromatic rings. The molecule has 0 spiro atoms. The van der Waals surface area contributed by atoms with Crippen LogP contribution < -0.4 is 10.4 Å². The van der Waals surface area contributed by atoms with Crippen LogP contribution in [-0.2, 0) is 25.1 Å². The Morgan fingerprint density at radius 1 is 1.00 bits per heavy atom. The van der Waals surface area contributed by atoms with Gasteiger partial charge in [0.15, 0.2) is 0 Å². The Bertz CT molecular complexity index is 1320. The maximum absolute atomic E-state index is 13.2. The summed E-state index contributed by atoms with van der Waals surface area (Å²) in [5.41, 5.74) is 2.51. The van der Waals surface area contributed by atoms with Gasteiger partial charge in [-0.05, 0) is 42.5 Å². The third-order valence-corrected chi connectivity index (χ3v) is 9.01. The quantitative estimate of drug-likeness (QED) is 0.183. The molecule has 9 nitrogen and oxygen atoms in total. The van der Waals surface area contributed by atoms with E-state index in [1.165, 1.54) is 16.7 Å². The van der Waals surface area contributed by atoms with E-state index in [0.29, 0.717) is 30.6 Å². The molecule has 1 saturated heterocycles. The zero-order valence-corrected chi connectivity index (χ0v) is 24.3. The monoisotopic (exact) mass is 595 g/mol. The highest BCUT2D eigenvalue weighted by Crippen LogP contribution is 2.38. The topological polar surface area (TPSA) is 125 Å². The number of carboxylic acid groups (broad SMARTS) is 1. The average molecular weight is 596 g/mol. The second kappa shape index (κ2) is 15.5. The standard InChI is InChI=1S/C30H34N3O6PS/c34-27(35)20-33-29(37)26(21-41-30(33)24-15-8-3-9-16-24)32-40(38)39-18-10-17-25(19-22-11-4-1-5-12-22)31-28(36)23-13-6-2-7-14-23/h1-9,11-16,25-26,30,40H,10,17-21H2,(H,31,36)(H,32,38)(H,34,35). The fourth-order valence-electron chi connectivity index (χ4n) is 4.63. The minimum absolute atomic E-state index is 0.153. The summed E-state index contributed by atoms with van der Waals surface area (Å²) < 4.78 is 18.3. The SMILES string of the molecule is O=C(O)CN1C(=O)C(N[PH](=O)OCCCC(Cc2ccccc2)NC(=O)c2ccccc2)CSC1c1ccccc1. The van der Waals surface area contributed by atoms with Crippen molar-refractivity contribution in [3.05, 3.63) is 108 Å². The van der Waals surface area contributed by atoms with Crippen molar-refractivity contribution in [2.24, 2.45) is 0 Å². The molecule has 4 atom stereocenters. The van der Waals surface area contributed by atoms with Gasteiger partial charge in [-0.25, -0.2) is 5.09 Å². The van der Waals surface area contributed by atoms with Gasteiger partial charge in [-0.3, -0.25) is 18.9 Å². The molecular formula is C30H34N3O6PS. The summed E-state index contributed by atoms with van der Waals surface area (Å²) in [4.78, 5) is 38.7. The molecule has 3 aromatic carbocycles. The number of carbonyl (C=O) groups is 3. The van der Waals surface area contributed by atoms with Crippen LogP contribution in [0.2, 0.25) is 0 Å².